The number of aromatic nitrogens is 2. The number of hydrogen-bond acceptors (Lipinski definition) is 4. The van der Waals surface area contributed by atoms with Gasteiger partial charge in [-0.1, -0.05) is 13.3 Å². The lowest BCUT2D eigenvalue weighted by Crippen LogP contribution is -2.39. The molecule has 18 heavy (non-hydrogen) atoms. The largest absolute Gasteiger partial charge is 0.347 e. The molecule has 0 aliphatic heterocycles. The van der Waals surface area contributed by atoms with E-state index in [9.17, 15) is 4.79 Å². The van der Waals surface area contributed by atoms with E-state index in [1.165, 1.54) is 12.8 Å². The first-order valence-corrected chi connectivity index (χ1v) is 7.46. The fourth-order valence-electron chi connectivity index (χ4n) is 2.26. The van der Waals surface area contributed by atoms with Crippen LogP contribution in [-0.2, 0) is 0 Å². The summed E-state index contributed by atoms with van der Waals surface area (Å²) in [5.74, 6) is 0.998. The van der Waals surface area contributed by atoms with Crippen LogP contribution in [0.2, 0.25) is 0 Å². The summed E-state index contributed by atoms with van der Waals surface area (Å²) in [6.45, 7) is 4.02. The van der Waals surface area contributed by atoms with Gasteiger partial charge in [-0.15, -0.1) is 0 Å². The molecule has 0 unspecified atom stereocenters. The van der Waals surface area contributed by atoms with Crippen LogP contribution in [0.4, 0.5) is 0 Å². The maximum Gasteiger partial charge on any atom is 0.271 e. The zero-order valence-corrected chi connectivity index (χ0v) is 11.7. The second kappa shape index (κ2) is 6.18. The Labute approximate surface area is 112 Å². The van der Waals surface area contributed by atoms with Gasteiger partial charge in [0.1, 0.15) is 5.69 Å². The van der Waals surface area contributed by atoms with Crippen LogP contribution in [0.5, 0.6) is 0 Å². The van der Waals surface area contributed by atoms with Crippen molar-refractivity contribution in [3.63, 3.8) is 0 Å². The van der Waals surface area contributed by atoms with Gasteiger partial charge >= 0.3 is 0 Å². The van der Waals surface area contributed by atoms with Crippen LogP contribution in [0.1, 0.15) is 42.4 Å². The van der Waals surface area contributed by atoms with E-state index in [2.05, 4.69) is 22.2 Å². The van der Waals surface area contributed by atoms with E-state index in [1.807, 2.05) is 18.7 Å². The molecule has 2 atom stereocenters. The molecular formula is C13H19N3OS. The summed E-state index contributed by atoms with van der Waals surface area (Å²) in [5, 5.41) is 3.64. The van der Waals surface area contributed by atoms with Crippen molar-refractivity contribution in [1.29, 1.82) is 0 Å². The molecule has 0 aromatic carbocycles. The van der Waals surface area contributed by atoms with Gasteiger partial charge < -0.3 is 5.32 Å². The highest BCUT2D eigenvalue weighted by Gasteiger charge is 2.28. The van der Waals surface area contributed by atoms with Crippen LogP contribution in [0.3, 0.4) is 0 Å². The van der Waals surface area contributed by atoms with Crippen LogP contribution in [0.25, 0.3) is 0 Å². The highest BCUT2D eigenvalue weighted by molar-refractivity contribution is 7.99. The second-order valence-corrected chi connectivity index (χ2v) is 6.06. The van der Waals surface area contributed by atoms with Gasteiger partial charge in [-0.2, -0.15) is 11.8 Å². The molecule has 0 radical (unpaired) electrons. The van der Waals surface area contributed by atoms with Gasteiger partial charge in [-0.3, -0.25) is 9.78 Å². The van der Waals surface area contributed by atoms with Gasteiger partial charge in [-0.25, -0.2) is 4.98 Å². The molecule has 4 nitrogen and oxygen atoms in total. The van der Waals surface area contributed by atoms with Gasteiger partial charge in [0.25, 0.3) is 5.91 Å². The maximum atomic E-state index is 12.0. The van der Waals surface area contributed by atoms with Crippen LogP contribution >= 0.6 is 11.8 Å². The van der Waals surface area contributed by atoms with Gasteiger partial charge in [0.15, 0.2) is 0 Å². The molecule has 0 bridgehead atoms. The molecule has 5 heteroatoms. The molecule has 1 amide bonds. The third kappa shape index (κ3) is 3.22. The Balaban J connectivity index is 1.96. The predicted molar refractivity (Wildman–Crippen MR) is 73.8 cm³/mol. The molecule has 0 spiro atoms. The summed E-state index contributed by atoms with van der Waals surface area (Å²) >= 11 is 1.94. The number of hydrogen-bond donors (Lipinski definition) is 1. The molecule has 0 saturated heterocycles. The Hall–Kier alpha value is -1.10. The van der Waals surface area contributed by atoms with Crippen molar-refractivity contribution >= 4 is 17.7 Å². The highest BCUT2D eigenvalue weighted by atomic mass is 32.2. The summed E-state index contributed by atoms with van der Waals surface area (Å²) in [5.41, 5.74) is 1.24. The molecule has 98 valence electrons. The van der Waals surface area contributed by atoms with Gasteiger partial charge in [0, 0.05) is 17.5 Å². The van der Waals surface area contributed by atoms with Gasteiger partial charge in [0.05, 0.1) is 11.9 Å². The first-order valence-electron chi connectivity index (χ1n) is 6.42. The smallest absolute Gasteiger partial charge is 0.271 e. The Morgan fingerprint density at radius 3 is 2.94 bits per heavy atom. The van der Waals surface area contributed by atoms with Crippen LogP contribution in [-0.4, -0.2) is 32.9 Å². The SMILES string of the molecule is CCS[C@H]1CCC[C@@H]1NC(=O)c1cnc(C)cn1. The maximum absolute atomic E-state index is 12.0. The molecule has 1 fully saturated rings. The van der Waals surface area contributed by atoms with Crippen molar-refractivity contribution in [2.24, 2.45) is 0 Å². The van der Waals surface area contributed by atoms with E-state index in [-0.39, 0.29) is 11.9 Å². The summed E-state index contributed by atoms with van der Waals surface area (Å²) < 4.78 is 0. The van der Waals surface area contributed by atoms with Crippen molar-refractivity contribution in [3.05, 3.63) is 23.8 Å². The number of carbonyl (C=O) groups excluding carboxylic acids is 1. The minimum absolute atomic E-state index is 0.101. The van der Waals surface area contributed by atoms with Crippen molar-refractivity contribution in [3.8, 4) is 0 Å². The quantitative estimate of drug-likeness (QED) is 0.906. The Morgan fingerprint density at radius 2 is 2.28 bits per heavy atom. The summed E-state index contributed by atoms with van der Waals surface area (Å²) in [7, 11) is 0. The van der Waals surface area contributed by atoms with Crippen molar-refractivity contribution in [2.75, 3.05) is 5.75 Å². The molecule has 1 aromatic heterocycles. The highest BCUT2D eigenvalue weighted by Crippen LogP contribution is 2.29. The van der Waals surface area contributed by atoms with Crippen molar-refractivity contribution in [2.45, 2.75) is 44.4 Å². The third-order valence-electron chi connectivity index (χ3n) is 3.16. The van der Waals surface area contributed by atoms with Crippen molar-refractivity contribution < 1.29 is 4.79 Å². The summed E-state index contributed by atoms with van der Waals surface area (Å²) in [6, 6.07) is 0.283. The predicted octanol–water partition coefficient (Wildman–Crippen LogP) is 2.19. The number of amides is 1. The lowest BCUT2D eigenvalue weighted by Gasteiger charge is -2.19. The average molecular weight is 265 g/mol. The Kier molecular flexibility index (Phi) is 4.58. The first-order chi connectivity index (χ1) is 8.70. The summed E-state index contributed by atoms with van der Waals surface area (Å²) in [4.78, 5) is 20.3. The van der Waals surface area contributed by atoms with Gasteiger partial charge in [0.2, 0.25) is 0 Å². The first kappa shape index (κ1) is 13.3. The number of carbonyl (C=O) groups is 1. The third-order valence-corrected chi connectivity index (χ3v) is 4.49. The van der Waals surface area contributed by atoms with E-state index in [4.69, 9.17) is 0 Å². The fraction of sp³-hybridized carbons (Fsp3) is 0.615. The molecule has 1 heterocycles. The van der Waals surface area contributed by atoms with Crippen molar-refractivity contribution in [1.82, 2.24) is 15.3 Å². The molecule has 1 aliphatic carbocycles. The zero-order valence-electron chi connectivity index (χ0n) is 10.8. The Morgan fingerprint density at radius 1 is 1.44 bits per heavy atom. The van der Waals surface area contributed by atoms with E-state index in [1.54, 1.807) is 12.4 Å². The zero-order chi connectivity index (χ0) is 13.0. The Bertz CT molecular complexity index is 407. The van der Waals surface area contributed by atoms with E-state index in [0.29, 0.717) is 10.9 Å². The molecular weight excluding hydrogens is 246 g/mol. The number of thioether (sulfide) groups is 1. The van der Waals surface area contributed by atoms with Gasteiger partial charge in [-0.05, 0) is 25.5 Å². The van der Waals surface area contributed by atoms with E-state index in [0.717, 1.165) is 17.9 Å². The topological polar surface area (TPSA) is 54.9 Å². The minimum atomic E-state index is -0.101. The molecule has 1 N–H and O–H groups in total. The molecule has 1 saturated carbocycles. The van der Waals surface area contributed by atoms with Crippen LogP contribution in [0.15, 0.2) is 12.4 Å². The minimum Gasteiger partial charge on any atom is -0.347 e. The lowest BCUT2D eigenvalue weighted by atomic mass is 10.2. The average Bonchev–Trinajstić information content (AvgIpc) is 2.78. The molecule has 1 aliphatic rings. The number of aryl methyl sites for hydroxylation is 1. The standard InChI is InChI=1S/C13H19N3OS/c1-3-18-12-6-4-5-10(12)16-13(17)11-8-14-9(2)7-15-11/h7-8,10,12H,3-6H2,1-2H3,(H,16,17)/t10-,12-/m0/s1. The van der Waals surface area contributed by atoms with E-state index < -0.39 is 0 Å². The number of rotatable bonds is 4. The second-order valence-electron chi connectivity index (χ2n) is 4.55. The number of nitrogens with zero attached hydrogens (tertiary/aromatic N) is 2. The summed E-state index contributed by atoms with van der Waals surface area (Å²) in [6.07, 6.45) is 6.64. The van der Waals surface area contributed by atoms with Crippen LogP contribution in [0, 0.1) is 6.92 Å². The molecule has 1 aromatic rings. The lowest BCUT2D eigenvalue weighted by molar-refractivity contribution is 0.0933. The van der Waals surface area contributed by atoms with Crippen LogP contribution < -0.4 is 5.32 Å². The molecule has 2 rings (SSSR count). The fourth-order valence-corrected chi connectivity index (χ4v) is 3.45. The monoisotopic (exact) mass is 265 g/mol. The number of nitrogens with one attached hydrogen (secondary N) is 1. The normalized spacial score (nSPS) is 23.0. The van der Waals surface area contributed by atoms with E-state index >= 15 is 0 Å².